The van der Waals surface area contributed by atoms with Crippen LogP contribution in [0.2, 0.25) is 0 Å². The molecule has 2 N–H and O–H groups in total. The molecule has 22 heavy (non-hydrogen) atoms. The molecule has 2 rings (SSSR count). The largest absolute Gasteiger partial charge is 0.379 e. The van der Waals surface area contributed by atoms with Gasteiger partial charge in [-0.05, 0) is 25.5 Å². The predicted molar refractivity (Wildman–Crippen MR) is 89.3 cm³/mol. The first-order valence-corrected chi connectivity index (χ1v) is 8.03. The minimum atomic E-state index is 0.0609. The minimum Gasteiger partial charge on any atom is -0.379 e. The van der Waals surface area contributed by atoms with Gasteiger partial charge in [0.1, 0.15) is 0 Å². The van der Waals surface area contributed by atoms with E-state index in [0.717, 1.165) is 50.6 Å². The Bertz CT molecular complexity index is 485. The van der Waals surface area contributed by atoms with Crippen LogP contribution in [-0.2, 0) is 9.53 Å². The second kappa shape index (κ2) is 8.88. The summed E-state index contributed by atoms with van der Waals surface area (Å²) in [6.45, 7) is 10.4. The number of hydrogen-bond donors (Lipinski definition) is 2. The quantitative estimate of drug-likeness (QED) is 0.751. The lowest BCUT2D eigenvalue weighted by atomic mass is 10.1. The molecule has 122 valence electrons. The fourth-order valence-corrected chi connectivity index (χ4v) is 2.56. The number of carbonyl (C=O) groups is 1. The van der Waals surface area contributed by atoms with Crippen LogP contribution >= 0.6 is 0 Å². The minimum absolute atomic E-state index is 0.0609. The van der Waals surface area contributed by atoms with Gasteiger partial charge in [0.2, 0.25) is 5.91 Å². The Kier molecular flexibility index (Phi) is 6.83. The fourth-order valence-electron chi connectivity index (χ4n) is 2.56. The van der Waals surface area contributed by atoms with Gasteiger partial charge in [0.15, 0.2) is 0 Å². The Morgan fingerprint density at radius 1 is 1.23 bits per heavy atom. The summed E-state index contributed by atoms with van der Waals surface area (Å²) in [6, 6.07) is 6.06. The van der Waals surface area contributed by atoms with Crippen molar-refractivity contribution in [3.05, 3.63) is 29.3 Å². The SMILES string of the molecule is Cc1ccc(NC(=O)CCNCCN2CCOCC2)c(C)c1. The third-order valence-corrected chi connectivity index (χ3v) is 3.89. The average molecular weight is 305 g/mol. The first-order chi connectivity index (χ1) is 10.6. The predicted octanol–water partition coefficient (Wildman–Crippen LogP) is 1.55. The number of amides is 1. The van der Waals surface area contributed by atoms with Crippen LogP contribution in [0.15, 0.2) is 18.2 Å². The van der Waals surface area contributed by atoms with Crippen molar-refractivity contribution in [3.8, 4) is 0 Å². The lowest BCUT2D eigenvalue weighted by Gasteiger charge is -2.26. The number of carbonyl (C=O) groups excluding carboxylic acids is 1. The summed E-state index contributed by atoms with van der Waals surface area (Å²) >= 11 is 0. The molecular weight excluding hydrogens is 278 g/mol. The van der Waals surface area contributed by atoms with Crippen LogP contribution in [0.5, 0.6) is 0 Å². The zero-order valence-corrected chi connectivity index (χ0v) is 13.7. The number of aryl methyl sites for hydroxylation is 2. The maximum atomic E-state index is 11.9. The maximum Gasteiger partial charge on any atom is 0.225 e. The number of benzene rings is 1. The van der Waals surface area contributed by atoms with E-state index in [1.165, 1.54) is 5.56 Å². The van der Waals surface area contributed by atoms with Crippen LogP contribution in [0, 0.1) is 13.8 Å². The molecule has 1 aliphatic heterocycles. The molecule has 5 nitrogen and oxygen atoms in total. The van der Waals surface area contributed by atoms with Crippen molar-refractivity contribution in [2.45, 2.75) is 20.3 Å². The van der Waals surface area contributed by atoms with Gasteiger partial charge in [0.05, 0.1) is 13.2 Å². The molecule has 1 aromatic carbocycles. The molecule has 1 aliphatic rings. The second-order valence-corrected chi connectivity index (χ2v) is 5.82. The van der Waals surface area contributed by atoms with E-state index in [-0.39, 0.29) is 5.91 Å². The highest BCUT2D eigenvalue weighted by Gasteiger charge is 2.09. The third-order valence-electron chi connectivity index (χ3n) is 3.89. The van der Waals surface area contributed by atoms with Crippen molar-refractivity contribution in [2.24, 2.45) is 0 Å². The summed E-state index contributed by atoms with van der Waals surface area (Å²) in [5, 5.41) is 6.30. The summed E-state index contributed by atoms with van der Waals surface area (Å²) in [6.07, 6.45) is 0.496. The van der Waals surface area contributed by atoms with Gasteiger partial charge in [-0.15, -0.1) is 0 Å². The first-order valence-electron chi connectivity index (χ1n) is 8.03. The third kappa shape index (κ3) is 5.75. The van der Waals surface area contributed by atoms with Crippen LogP contribution in [-0.4, -0.2) is 56.7 Å². The van der Waals surface area contributed by atoms with Gasteiger partial charge in [-0.25, -0.2) is 0 Å². The molecule has 5 heteroatoms. The Labute approximate surface area is 133 Å². The van der Waals surface area contributed by atoms with Crippen LogP contribution < -0.4 is 10.6 Å². The number of nitrogens with zero attached hydrogens (tertiary/aromatic N) is 1. The molecule has 1 saturated heterocycles. The van der Waals surface area contributed by atoms with Crippen LogP contribution in [0.3, 0.4) is 0 Å². The first kappa shape index (κ1) is 16.9. The van der Waals surface area contributed by atoms with Crippen LogP contribution in [0.1, 0.15) is 17.5 Å². The van der Waals surface area contributed by atoms with Gasteiger partial charge in [-0.1, -0.05) is 17.7 Å². The summed E-state index contributed by atoms with van der Waals surface area (Å²) in [5.74, 6) is 0.0609. The molecular formula is C17H27N3O2. The Morgan fingerprint density at radius 3 is 2.73 bits per heavy atom. The van der Waals surface area contributed by atoms with Gasteiger partial charge in [0.25, 0.3) is 0 Å². The van der Waals surface area contributed by atoms with Gasteiger partial charge in [0, 0.05) is 44.8 Å². The standard InChI is InChI=1S/C17H27N3O2/c1-14-3-4-16(15(2)13-14)19-17(21)5-6-18-7-8-20-9-11-22-12-10-20/h3-4,13,18H,5-12H2,1-2H3,(H,19,21). The lowest BCUT2D eigenvalue weighted by molar-refractivity contribution is -0.116. The van der Waals surface area contributed by atoms with Gasteiger partial charge in [-0.3, -0.25) is 9.69 Å². The smallest absolute Gasteiger partial charge is 0.225 e. The van der Waals surface area contributed by atoms with Gasteiger partial charge < -0.3 is 15.4 Å². The number of anilines is 1. The number of hydrogen-bond acceptors (Lipinski definition) is 4. The number of rotatable bonds is 7. The summed E-state index contributed by atoms with van der Waals surface area (Å²) in [4.78, 5) is 14.3. The van der Waals surface area contributed by atoms with E-state index in [1.807, 2.05) is 19.1 Å². The van der Waals surface area contributed by atoms with E-state index in [0.29, 0.717) is 13.0 Å². The fraction of sp³-hybridized carbons (Fsp3) is 0.588. The summed E-state index contributed by atoms with van der Waals surface area (Å²) in [7, 11) is 0. The molecule has 0 unspecified atom stereocenters. The number of morpholine rings is 1. The molecule has 0 radical (unpaired) electrons. The van der Waals surface area contributed by atoms with Crippen molar-refractivity contribution in [1.29, 1.82) is 0 Å². The number of ether oxygens (including phenoxy) is 1. The Balaban J connectivity index is 1.59. The Hall–Kier alpha value is -1.43. The zero-order chi connectivity index (χ0) is 15.8. The molecule has 1 amide bonds. The topological polar surface area (TPSA) is 53.6 Å². The van der Waals surface area contributed by atoms with Gasteiger partial charge >= 0.3 is 0 Å². The van der Waals surface area contributed by atoms with Crippen LogP contribution in [0.4, 0.5) is 5.69 Å². The van der Waals surface area contributed by atoms with Crippen molar-refractivity contribution in [1.82, 2.24) is 10.2 Å². The summed E-state index contributed by atoms with van der Waals surface area (Å²) in [5.41, 5.74) is 3.22. The highest BCUT2D eigenvalue weighted by atomic mass is 16.5. The molecule has 1 heterocycles. The zero-order valence-electron chi connectivity index (χ0n) is 13.7. The molecule has 1 fully saturated rings. The molecule has 1 aromatic rings. The van der Waals surface area contributed by atoms with E-state index in [9.17, 15) is 4.79 Å². The molecule has 0 aromatic heterocycles. The Morgan fingerprint density at radius 2 is 2.00 bits per heavy atom. The highest BCUT2D eigenvalue weighted by molar-refractivity contribution is 5.91. The molecule has 0 spiro atoms. The van der Waals surface area contributed by atoms with E-state index in [2.05, 4.69) is 28.5 Å². The van der Waals surface area contributed by atoms with E-state index in [4.69, 9.17) is 4.74 Å². The second-order valence-electron chi connectivity index (χ2n) is 5.82. The monoisotopic (exact) mass is 305 g/mol. The highest BCUT2D eigenvalue weighted by Crippen LogP contribution is 2.15. The number of nitrogens with one attached hydrogen (secondary N) is 2. The molecule has 0 aliphatic carbocycles. The summed E-state index contributed by atoms with van der Waals surface area (Å²) < 4.78 is 5.32. The van der Waals surface area contributed by atoms with Crippen molar-refractivity contribution >= 4 is 11.6 Å². The van der Waals surface area contributed by atoms with E-state index in [1.54, 1.807) is 0 Å². The van der Waals surface area contributed by atoms with Crippen molar-refractivity contribution < 1.29 is 9.53 Å². The van der Waals surface area contributed by atoms with E-state index < -0.39 is 0 Å². The van der Waals surface area contributed by atoms with Crippen molar-refractivity contribution in [3.63, 3.8) is 0 Å². The lowest BCUT2D eigenvalue weighted by Crippen LogP contribution is -2.40. The maximum absolute atomic E-state index is 11.9. The van der Waals surface area contributed by atoms with Crippen LogP contribution in [0.25, 0.3) is 0 Å². The average Bonchev–Trinajstić information content (AvgIpc) is 2.51. The van der Waals surface area contributed by atoms with Gasteiger partial charge in [-0.2, -0.15) is 0 Å². The normalized spacial score (nSPS) is 15.7. The van der Waals surface area contributed by atoms with E-state index >= 15 is 0 Å². The molecule has 0 bridgehead atoms. The molecule has 0 atom stereocenters. The molecule has 0 saturated carbocycles. The van der Waals surface area contributed by atoms with Crippen molar-refractivity contribution in [2.75, 3.05) is 51.3 Å².